The maximum absolute atomic E-state index is 12.0. The molecular weight excluding hydrogens is 246 g/mol. The minimum absolute atomic E-state index is 0.119. The van der Waals surface area contributed by atoms with E-state index in [1.165, 1.54) is 23.2 Å². The van der Waals surface area contributed by atoms with E-state index < -0.39 is 19.1 Å². The molecule has 1 aliphatic heterocycles. The summed E-state index contributed by atoms with van der Waals surface area (Å²) in [6.45, 7) is -0.189. The topological polar surface area (TPSA) is 62.7 Å². The predicted molar refractivity (Wildman–Crippen MR) is 57.6 cm³/mol. The molecule has 0 atom stereocenters. The molecule has 0 bridgehead atoms. The summed E-state index contributed by atoms with van der Waals surface area (Å²) in [6, 6.07) is 2.72. The highest BCUT2D eigenvalue weighted by atomic mass is 19.3. The molecule has 1 aromatic rings. The summed E-state index contributed by atoms with van der Waals surface area (Å²) in [5.41, 5.74) is 0.119. The molecule has 5 nitrogen and oxygen atoms in total. The van der Waals surface area contributed by atoms with Gasteiger partial charge in [-0.25, -0.2) is 8.78 Å². The van der Waals surface area contributed by atoms with Gasteiger partial charge in [0.15, 0.2) is 0 Å². The molecule has 18 heavy (non-hydrogen) atoms. The number of aliphatic hydroxyl groups excluding tert-OH is 1. The Hall–Kier alpha value is -1.76. The lowest BCUT2D eigenvalue weighted by Gasteiger charge is -2.35. The van der Waals surface area contributed by atoms with Gasteiger partial charge in [0.1, 0.15) is 18.1 Å². The van der Waals surface area contributed by atoms with E-state index >= 15 is 0 Å². The maximum Gasteiger partial charge on any atom is 0.272 e. The number of pyridine rings is 1. The molecule has 1 saturated heterocycles. The first-order chi connectivity index (χ1) is 8.56. The first-order valence-corrected chi connectivity index (χ1v) is 5.40. The van der Waals surface area contributed by atoms with Gasteiger partial charge in [0.05, 0.1) is 6.10 Å². The Morgan fingerprint density at radius 2 is 2.33 bits per heavy atom. The number of aliphatic hydroxyl groups is 1. The molecule has 1 amide bonds. The number of carbonyl (C=O) groups excluding carboxylic acids is 1. The number of nitrogens with zero attached hydrogens (tertiary/aromatic N) is 2. The van der Waals surface area contributed by atoms with Crippen molar-refractivity contribution in [3.63, 3.8) is 0 Å². The molecule has 1 N–H and O–H groups in total. The van der Waals surface area contributed by atoms with Gasteiger partial charge in [-0.05, 0) is 6.07 Å². The van der Waals surface area contributed by atoms with Gasteiger partial charge in [-0.2, -0.15) is 0 Å². The smallest absolute Gasteiger partial charge is 0.272 e. The number of β-amino-alcohol motifs (C(OH)–C–C–N with tert-alkyl or cyclic N) is 1. The van der Waals surface area contributed by atoms with Crippen molar-refractivity contribution >= 4 is 5.91 Å². The van der Waals surface area contributed by atoms with Crippen LogP contribution in [0.25, 0.3) is 0 Å². The molecule has 0 saturated carbocycles. The van der Waals surface area contributed by atoms with E-state index in [1.54, 1.807) is 0 Å². The van der Waals surface area contributed by atoms with Crippen LogP contribution in [0.15, 0.2) is 18.3 Å². The SMILES string of the molecule is O=C(c1cc(OCC(F)F)ccn1)N1CC(O)C1. The number of aromatic nitrogens is 1. The van der Waals surface area contributed by atoms with E-state index in [2.05, 4.69) is 4.98 Å². The van der Waals surface area contributed by atoms with Crippen molar-refractivity contribution < 1.29 is 23.4 Å². The number of carbonyl (C=O) groups is 1. The van der Waals surface area contributed by atoms with Crippen LogP contribution >= 0.6 is 0 Å². The largest absolute Gasteiger partial charge is 0.488 e. The number of amides is 1. The van der Waals surface area contributed by atoms with E-state index in [9.17, 15) is 13.6 Å². The zero-order valence-electron chi connectivity index (χ0n) is 9.42. The van der Waals surface area contributed by atoms with E-state index in [0.717, 1.165) is 0 Å². The average Bonchev–Trinajstić information content (AvgIpc) is 2.32. The quantitative estimate of drug-likeness (QED) is 0.856. The first-order valence-electron chi connectivity index (χ1n) is 5.40. The Morgan fingerprint density at radius 1 is 1.61 bits per heavy atom. The highest BCUT2D eigenvalue weighted by molar-refractivity contribution is 5.93. The minimum Gasteiger partial charge on any atom is -0.488 e. The Balaban J connectivity index is 2.00. The molecule has 2 heterocycles. The average molecular weight is 258 g/mol. The minimum atomic E-state index is -2.57. The van der Waals surface area contributed by atoms with Gasteiger partial charge >= 0.3 is 0 Å². The third-order valence-electron chi connectivity index (χ3n) is 2.48. The van der Waals surface area contributed by atoms with Crippen LogP contribution in [0.5, 0.6) is 5.75 Å². The highest BCUT2D eigenvalue weighted by Gasteiger charge is 2.30. The van der Waals surface area contributed by atoms with Crippen LogP contribution in [0, 0.1) is 0 Å². The summed E-state index contributed by atoms with van der Waals surface area (Å²) in [5, 5.41) is 9.09. The van der Waals surface area contributed by atoms with Crippen LogP contribution in [0.3, 0.4) is 0 Å². The van der Waals surface area contributed by atoms with Crippen molar-refractivity contribution in [2.75, 3.05) is 19.7 Å². The fraction of sp³-hybridized carbons (Fsp3) is 0.455. The van der Waals surface area contributed by atoms with Crippen molar-refractivity contribution in [3.05, 3.63) is 24.0 Å². The maximum atomic E-state index is 12.0. The van der Waals surface area contributed by atoms with Gasteiger partial charge in [0, 0.05) is 25.4 Å². The second-order valence-corrected chi connectivity index (χ2v) is 3.94. The Labute approximate surface area is 102 Å². The number of likely N-dealkylation sites (tertiary alicyclic amines) is 1. The van der Waals surface area contributed by atoms with Gasteiger partial charge in [-0.1, -0.05) is 0 Å². The number of hydrogen-bond donors (Lipinski definition) is 1. The Bertz CT molecular complexity index is 436. The van der Waals surface area contributed by atoms with Gasteiger partial charge < -0.3 is 14.7 Å². The van der Waals surface area contributed by atoms with E-state index in [-0.39, 0.29) is 30.4 Å². The number of rotatable bonds is 4. The molecule has 98 valence electrons. The molecule has 0 aromatic carbocycles. The monoisotopic (exact) mass is 258 g/mol. The lowest BCUT2D eigenvalue weighted by atomic mass is 10.1. The second kappa shape index (κ2) is 5.26. The second-order valence-electron chi connectivity index (χ2n) is 3.94. The standard InChI is InChI=1S/C11H12F2N2O3/c12-10(13)6-18-8-1-2-14-9(3-8)11(17)15-4-7(16)5-15/h1-3,7,10,16H,4-6H2. The number of alkyl halides is 2. The van der Waals surface area contributed by atoms with Crippen molar-refractivity contribution in [1.82, 2.24) is 9.88 Å². The number of hydrogen-bond acceptors (Lipinski definition) is 4. The molecule has 1 fully saturated rings. The van der Waals surface area contributed by atoms with Crippen molar-refractivity contribution in [3.8, 4) is 5.75 Å². The molecule has 0 radical (unpaired) electrons. The summed E-state index contributed by atoms with van der Waals surface area (Å²) >= 11 is 0. The van der Waals surface area contributed by atoms with E-state index in [0.29, 0.717) is 0 Å². The number of ether oxygens (including phenoxy) is 1. The lowest BCUT2D eigenvalue weighted by Crippen LogP contribution is -2.53. The number of halogens is 2. The molecular formula is C11H12F2N2O3. The van der Waals surface area contributed by atoms with Crippen LogP contribution < -0.4 is 4.74 Å². The van der Waals surface area contributed by atoms with Crippen molar-refractivity contribution in [2.45, 2.75) is 12.5 Å². The fourth-order valence-electron chi connectivity index (χ4n) is 1.56. The van der Waals surface area contributed by atoms with Gasteiger partial charge in [0.25, 0.3) is 12.3 Å². The van der Waals surface area contributed by atoms with Gasteiger partial charge in [-0.15, -0.1) is 0 Å². The predicted octanol–water partition coefficient (Wildman–Crippen LogP) is 0.542. The molecule has 0 aliphatic carbocycles. The van der Waals surface area contributed by atoms with E-state index in [1.807, 2.05) is 0 Å². The highest BCUT2D eigenvalue weighted by Crippen LogP contribution is 2.16. The Morgan fingerprint density at radius 3 is 2.94 bits per heavy atom. The normalized spacial score (nSPS) is 15.7. The van der Waals surface area contributed by atoms with Crippen LogP contribution in [-0.4, -0.2) is 53.1 Å². The van der Waals surface area contributed by atoms with Crippen molar-refractivity contribution in [2.24, 2.45) is 0 Å². The van der Waals surface area contributed by atoms with Gasteiger partial charge in [0.2, 0.25) is 0 Å². The Kier molecular flexibility index (Phi) is 3.71. The third-order valence-corrected chi connectivity index (χ3v) is 2.48. The summed E-state index contributed by atoms with van der Waals surface area (Å²) in [7, 11) is 0. The fourth-order valence-corrected chi connectivity index (χ4v) is 1.56. The lowest BCUT2D eigenvalue weighted by molar-refractivity contribution is 0.00546. The summed E-state index contributed by atoms with van der Waals surface area (Å²) in [4.78, 5) is 17.1. The summed E-state index contributed by atoms with van der Waals surface area (Å²) in [6.07, 6.45) is -1.74. The zero-order valence-corrected chi connectivity index (χ0v) is 9.42. The van der Waals surface area contributed by atoms with Gasteiger partial charge in [-0.3, -0.25) is 9.78 Å². The molecule has 0 unspecified atom stereocenters. The van der Waals surface area contributed by atoms with Crippen LogP contribution in [0.2, 0.25) is 0 Å². The summed E-state index contributed by atoms with van der Waals surface area (Å²) < 4.78 is 28.7. The molecule has 1 aromatic heterocycles. The van der Waals surface area contributed by atoms with Crippen LogP contribution in [0.4, 0.5) is 8.78 Å². The summed E-state index contributed by atoms with van der Waals surface area (Å²) in [5.74, 6) is -0.169. The molecule has 0 spiro atoms. The van der Waals surface area contributed by atoms with E-state index in [4.69, 9.17) is 9.84 Å². The third kappa shape index (κ3) is 2.92. The first kappa shape index (κ1) is 12.7. The molecule has 2 rings (SSSR count). The van der Waals surface area contributed by atoms with Crippen molar-refractivity contribution in [1.29, 1.82) is 0 Å². The van der Waals surface area contributed by atoms with Crippen LogP contribution in [0.1, 0.15) is 10.5 Å². The van der Waals surface area contributed by atoms with Crippen LogP contribution in [-0.2, 0) is 0 Å². The molecule has 7 heteroatoms. The zero-order chi connectivity index (χ0) is 13.1. The molecule has 1 aliphatic rings.